The summed E-state index contributed by atoms with van der Waals surface area (Å²) < 4.78 is 32.6. The largest absolute Gasteiger partial charge is 0.497 e. The number of likely N-dealkylation sites (tertiary alicyclic amines) is 1. The highest BCUT2D eigenvalue weighted by Crippen LogP contribution is 2.38. The van der Waals surface area contributed by atoms with E-state index in [-0.39, 0.29) is 47.7 Å². The van der Waals surface area contributed by atoms with Crippen LogP contribution in [-0.2, 0) is 19.6 Å². The number of fused-ring (bicyclic) bond motifs is 1. The van der Waals surface area contributed by atoms with Crippen LogP contribution >= 0.6 is 0 Å². The van der Waals surface area contributed by atoms with Gasteiger partial charge in [-0.3, -0.25) is 14.5 Å². The van der Waals surface area contributed by atoms with Crippen LogP contribution in [0.15, 0.2) is 65.6 Å². The summed E-state index contributed by atoms with van der Waals surface area (Å²) in [4.78, 5) is 27.0. The molecule has 5 rings (SSSR count). The number of allylic oxidation sites excluding steroid dienone is 2. The first kappa shape index (κ1) is 20.9. The second kappa shape index (κ2) is 7.86. The number of carbonyl (C=O) groups is 2. The molecule has 2 atom stereocenters. The maximum Gasteiger partial charge on any atom is 0.243 e. The van der Waals surface area contributed by atoms with Crippen molar-refractivity contribution in [3.8, 4) is 16.9 Å². The molecule has 0 bridgehead atoms. The van der Waals surface area contributed by atoms with E-state index >= 15 is 0 Å². The number of nitrogens with zero attached hydrogens (tertiary/aromatic N) is 2. The highest BCUT2D eigenvalue weighted by Gasteiger charge is 2.53. The van der Waals surface area contributed by atoms with E-state index in [9.17, 15) is 18.0 Å². The summed E-state index contributed by atoms with van der Waals surface area (Å²) in [5.41, 5.74) is 1.86. The maximum absolute atomic E-state index is 13.0. The number of carbonyl (C=O) groups excluding carboxylic acids is 2. The van der Waals surface area contributed by atoms with Crippen LogP contribution in [-0.4, -0.2) is 55.7 Å². The summed E-state index contributed by atoms with van der Waals surface area (Å²) in [6, 6.07) is 13.9. The minimum absolute atomic E-state index is 0.146. The molecular weight excluding hydrogens is 428 g/mol. The Morgan fingerprint density at radius 1 is 0.812 bits per heavy atom. The molecule has 2 amide bonds. The van der Waals surface area contributed by atoms with Crippen molar-refractivity contribution < 1.29 is 22.7 Å². The third-order valence-corrected chi connectivity index (χ3v) is 8.50. The van der Waals surface area contributed by atoms with Gasteiger partial charge in [-0.1, -0.05) is 36.4 Å². The van der Waals surface area contributed by atoms with Crippen molar-refractivity contribution >= 4 is 21.8 Å². The van der Waals surface area contributed by atoms with Gasteiger partial charge in [0.05, 0.1) is 29.9 Å². The van der Waals surface area contributed by atoms with Crippen LogP contribution in [0.3, 0.4) is 0 Å². The zero-order chi connectivity index (χ0) is 22.5. The molecule has 0 spiro atoms. The number of rotatable bonds is 5. The first-order chi connectivity index (χ1) is 15.4. The van der Waals surface area contributed by atoms with E-state index in [0.29, 0.717) is 12.8 Å². The van der Waals surface area contributed by atoms with Gasteiger partial charge in [0.1, 0.15) is 5.75 Å². The standard InChI is InChI=1S/C24H24N2O5S/c1-31-19-10-6-16(7-11-19)17-8-12-20(13-9-17)32(29,30)25-14-18(15-25)26-23(27)21-4-2-3-5-22(21)24(26)28/h2-3,6-13,18,21-22H,4-5,14-15H2,1H3. The molecule has 2 aromatic carbocycles. The van der Waals surface area contributed by atoms with Crippen LogP contribution in [0.5, 0.6) is 5.75 Å². The Bertz CT molecular complexity index is 1160. The zero-order valence-corrected chi connectivity index (χ0v) is 18.5. The van der Waals surface area contributed by atoms with Crippen LogP contribution in [0.25, 0.3) is 11.1 Å². The molecule has 2 heterocycles. The molecule has 2 fully saturated rings. The summed E-state index contributed by atoms with van der Waals surface area (Å²) >= 11 is 0. The van der Waals surface area contributed by atoms with Crippen molar-refractivity contribution in [3.63, 3.8) is 0 Å². The van der Waals surface area contributed by atoms with Gasteiger partial charge in [-0.05, 0) is 48.2 Å². The number of ether oxygens (including phenoxy) is 1. The highest BCUT2D eigenvalue weighted by molar-refractivity contribution is 7.89. The van der Waals surface area contributed by atoms with Gasteiger partial charge in [-0.2, -0.15) is 4.31 Å². The second-order valence-electron chi connectivity index (χ2n) is 8.43. The van der Waals surface area contributed by atoms with Gasteiger partial charge >= 0.3 is 0 Å². The minimum atomic E-state index is -3.68. The Labute approximate surface area is 187 Å². The predicted molar refractivity (Wildman–Crippen MR) is 118 cm³/mol. The van der Waals surface area contributed by atoms with Crippen molar-refractivity contribution in [1.82, 2.24) is 9.21 Å². The quantitative estimate of drug-likeness (QED) is 0.515. The van der Waals surface area contributed by atoms with Crippen molar-refractivity contribution in [2.45, 2.75) is 23.8 Å². The SMILES string of the molecule is COc1ccc(-c2ccc(S(=O)(=O)N3CC(N4C(=O)C5CC=CCC5C4=O)C3)cc2)cc1. The number of hydrogen-bond acceptors (Lipinski definition) is 5. The zero-order valence-electron chi connectivity index (χ0n) is 17.7. The van der Waals surface area contributed by atoms with Crippen molar-refractivity contribution in [2.24, 2.45) is 11.8 Å². The Morgan fingerprint density at radius 2 is 1.31 bits per heavy atom. The first-order valence-corrected chi connectivity index (χ1v) is 12.1. The first-order valence-electron chi connectivity index (χ1n) is 10.7. The smallest absolute Gasteiger partial charge is 0.243 e. The molecule has 0 N–H and O–H groups in total. The molecule has 2 saturated heterocycles. The normalized spacial score (nSPS) is 23.8. The van der Waals surface area contributed by atoms with E-state index in [4.69, 9.17) is 4.74 Å². The lowest BCUT2D eigenvalue weighted by Gasteiger charge is -2.42. The third kappa shape index (κ3) is 3.34. The summed E-state index contributed by atoms with van der Waals surface area (Å²) in [5, 5.41) is 0. The summed E-state index contributed by atoms with van der Waals surface area (Å²) in [6.07, 6.45) is 5.06. The molecule has 32 heavy (non-hydrogen) atoms. The molecule has 2 unspecified atom stereocenters. The Hall–Kier alpha value is -2.97. The van der Waals surface area contributed by atoms with Gasteiger partial charge in [0.25, 0.3) is 0 Å². The highest BCUT2D eigenvalue weighted by atomic mass is 32.2. The second-order valence-corrected chi connectivity index (χ2v) is 10.4. The maximum atomic E-state index is 13.0. The van der Waals surface area contributed by atoms with Crippen LogP contribution < -0.4 is 4.74 Å². The molecule has 166 valence electrons. The number of amides is 2. The molecular formula is C24H24N2O5S. The van der Waals surface area contributed by atoms with Crippen LogP contribution in [0.2, 0.25) is 0 Å². The Kier molecular flexibility index (Phi) is 5.14. The van der Waals surface area contributed by atoms with Crippen LogP contribution in [0, 0.1) is 11.8 Å². The monoisotopic (exact) mass is 452 g/mol. The van der Waals surface area contributed by atoms with Gasteiger partial charge < -0.3 is 4.74 Å². The van der Waals surface area contributed by atoms with Gasteiger partial charge in [-0.25, -0.2) is 8.42 Å². The number of hydrogen-bond donors (Lipinski definition) is 0. The molecule has 0 aromatic heterocycles. The third-order valence-electron chi connectivity index (χ3n) is 6.65. The summed E-state index contributed by atoms with van der Waals surface area (Å²) in [7, 11) is -2.08. The number of benzene rings is 2. The van der Waals surface area contributed by atoms with E-state index in [2.05, 4.69) is 0 Å². The van der Waals surface area contributed by atoms with Gasteiger partial charge in [0.2, 0.25) is 21.8 Å². The summed E-state index contributed by atoms with van der Waals surface area (Å²) in [5.74, 6) is -0.136. The van der Waals surface area contributed by atoms with E-state index in [0.717, 1.165) is 16.9 Å². The van der Waals surface area contributed by atoms with Crippen LogP contribution in [0.1, 0.15) is 12.8 Å². The Balaban J connectivity index is 1.27. The van der Waals surface area contributed by atoms with Gasteiger partial charge in [-0.15, -0.1) is 0 Å². The lowest BCUT2D eigenvalue weighted by molar-refractivity contribution is -0.145. The number of methoxy groups -OCH3 is 1. The van der Waals surface area contributed by atoms with Gasteiger partial charge in [0.15, 0.2) is 0 Å². The molecule has 0 saturated carbocycles. The molecule has 2 aromatic rings. The van der Waals surface area contributed by atoms with Crippen LogP contribution in [0.4, 0.5) is 0 Å². The van der Waals surface area contributed by atoms with Crippen molar-refractivity contribution in [3.05, 3.63) is 60.7 Å². The number of imide groups is 1. The lowest BCUT2D eigenvalue weighted by Crippen LogP contribution is -2.62. The average molecular weight is 453 g/mol. The summed E-state index contributed by atoms with van der Waals surface area (Å²) in [6.45, 7) is 0.291. The molecule has 3 aliphatic rings. The molecule has 1 aliphatic carbocycles. The Morgan fingerprint density at radius 3 is 1.81 bits per heavy atom. The fourth-order valence-corrected chi connectivity index (χ4v) is 6.23. The topological polar surface area (TPSA) is 84.0 Å². The van der Waals surface area contributed by atoms with E-state index < -0.39 is 10.0 Å². The number of sulfonamides is 1. The molecule has 8 heteroatoms. The fraction of sp³-hybridized carbons (Fsp3) is 0.333. The van der Waals surface area contributed by atoms with E-state index in [1.807, 2.05) is 36.4 Å². The average Bonchev–Trinajstić information content (AvgIpc) is 3.04. The van der Waals surface area contributed by atoms with Crippen molar-refractivity contribution in [2.75, 3.05) is 20.2 Å². The molecule has 2 aliphatic heterocycles. The predicted octanol–water partition coefficient (Wildman–Crippen LogP) is 2.69. The van der Waals surface area contributed by atoms with Gasteiger partial charge in [0, 0.05) is 13.1 Å². The molecule has 7 nitrogen and oxygen atoms in total. The minimum Gasteiger partial charge on any atom is -0.497 e. The molecule has 0 radical (unpaired) electrons. The van der Waals surface area contributed by atoms with Crippen molar-refractivity contribution in [1.29, 1.82) is 0 Å². The fourth-order valence-electron chi connectivity index (χ4n) is 4.71. The lowest BCUT2D eigenvalue weighted by atomic mass is 9.85. The van der Waals surface area contributed by atoms with E-state index in [1.54, 1.807) is 31.4 Å². The van der Waals surface area contributed by atoms with E-state index in [1.165, 1.54) is 9.21 Å².